The van der Waals surface area contributed by atoms with E-state index in [9.17, 15) is 9.59 Å². The summed E-state index contributed by atoms with van der Waals surface area (Å²) in [4.78, 5) is 25.6. The van der Waals surface area contributed by atoms with Crippen LogP contribution >= 0.6 is 0 Å². The first kappa shape index (κ1) is 18.3. The number of anilines is 2. The number of nitrogens with one attached hydrogen (secondary N) is 1. The number of hydrogen-bond acceptors (Lipinski definition) is 4. The number of benzene rings is 2. The van der Waals surface area contributed by atoms with Crippen molar-refractivity contribution in [3.05, 3.63) is 54.1 Å². The maximum Gasteiger partial charge on any atom is 0.262 e. The van der Waals surface area contributed by atoms with Crippen molar-refractivity contribution in [2.75, 3.05) is 29.9 Å². The van der Waals surface area contributed by atoms with Gasteiger partial charge in [0, 0.05) is 24.5 Å². The van der Waals surface area contributed by atoms with E-state index >= 15 is 0 Å². The van der Waals surface area contributed by atoms with Gasteiger partial charge in [-0.25, -0.2) is 0 Å². The van der Waals surface area contributed by atoms with Crippen molar-refractivity contribution in [1.29, 1.82) is 0 Å². The van der Waals surface area contributed by atoms with E-state index < -0.39 is 5.91 Å². The van der Waals surface area contributed by atoms with Gasteiger partial charge >= 0.3 is 0 Å². The van der Waals surface area contributed by atoms with E-state index in [1.54, 1.807) is 24.3 Å². The van der Waals surface area contributed by atoms with Gasteiger partial charge < -0.3 is 20.7 Å². The summed E-state index contributed by atoms with van der Waals surface area (Å²) < 4.78 is 5.41. The van der Waals surface area contributed by atoms with Gasteiger partial charge in [-0.3, -0.25) is 9.59 Å². The molecule has 0 unspecified atom stereocenters. The van der Waals surface area contributed by atoms with Gasteiger partial charge in [0.1, 0.15) is 5.75 Å². The fourth-order valence-corrected chi connectivity index (χ4v) is 2.48. The largest absolute Gasteiger partial charge is 0.483 e. The van der Waals surface area contributed by atoms with Crippen LogP contribution < -0.4 is 20.7 Å². The quantitative estimate of drug-likeness (QED) is 0.773. The highest BCUT2D eigenvalue weighted by atomic mass is 16.5. The smallest absolute Gasteiger partial charge is 0.262 e. The van der Waals surface area contributed by atoms with Crippen LogP contribution in [0.5, 0.6) is 5.75 Å². The van der Waals surface area contributed by atoms with Crippen LogP contribution in [0.4, 0.5) is 11.4 Å². The Morgan fingerprint density at radius 2 is 1.68 bits per heavy atom. The molecular weight excluding hydrogens is 318 g/mol. The Bertz CT molecular complexity index is 725. The second-order valence-corrected chi connectivity index (χ2v) is 5.42. The van der Waals surface area contributed by atoms with Crippen molar-refractivity contribution >= 4 is 23.2 Å². The van der Waals surface area contributed by atoms with Gasteiger partial charge in [0.25, 0.3) is 11.8 Å². The minimum Gasteiger partial charge on any atom is -0.483 e. The number of amides is 2. The third-order valence-corrected chi connectivity index (χ3v) is 3.79. The van der Waals surface area contributed by atoms with Crippen LogP contribution in [0.25, 0.3) is 0 Å². The molecule has 0 saturated heterocycles. The summed E-state index contributed by atoms with van der Waals surface area (Å²) in [6.45, 7) is 5.84. The molecule has 0 radical (unpaired) electrons. The summed E-state index contributed by atoms with van der Waals surface area (Å²) >= 11 is 0. The normalized spacial score (nSPS) is 10.2. The molecule has 2 rings (SSSR count). The van der Waals surface area contributed by atoms with Crippen LogP contribution in [0.2, 0.25) is 0 Å². The average molecular weight is 341 g/mol. The third-order valence-electron chi connectivity index (χ3n) is 3.79. The molecular formula is C19H23N3O3. The Balaban J connectivity index is 1.94. The lowest BCUT2D eigenvalue weighted by atomic mass is 10.2. The molecule has 0 atom stereocenters. The molecule has 0 aromatic heterocycles. The zero-order valence-corrected chi connectivity index (χ0v) is 14.5. The molecule has 0 spiro atoms. The molecule has 132 valence electrons. The summed E-state index contributed by atoms with van der Waals surface area (Å²) in [7, 11) is 0. The van der Waals surface area contributed by atoms with Crippen molar-refractivity contribution in [2.24, 2.45) is 5.73 Å². The second kappa shape index (κ2) is 8.73. The summed E-state index contributed by atoms with van der Waals surface area (Å²) in [5, 5.41) is 2.76. The van der Waals surface area contributed by atoms with Gasteiger partial charge in [0.15, 0.2) is 6.61 Å². The van der Waals surface area contributed by atoms with Crippen molar-refractivity contribution in [3.8, 4) is 5.75 Å². The van der Waals surface area contributed by atoms with E-state index in [1.807, 2.05) is 24.3 Å². The lowest BCUT2D eigenvalue weighted by molar-refractivity contribution is -0.118. The number of carbonyl (C=O) groups is 2. The molecule has 2 amide bonds. The van der Waals surface area contributed by atoms with Gasteiger partial charge in [-0.1, -0.05) is 12.1 Å². The number of rotatable bonds is 8. The summed E-state index contributed by atoms with van der Waals surface area (Å²) in [6, 6.07) is 14.2. The lowest BCUT2D eigenvalue weighted by Gasteiger charge is -2.21. The predicted octanol–water partition coefficient (Wildman–Crippen LogP) is 2.65. The molecule has 2 aromatic carbocycles. The second-order valence-electron chi connectivity index (χ2n) is 5.42. The van der Waals surface area contributed by atoms with Crippen LogP contribution in [0.1, 0.15) is 24.2 Å². The molecule has 25 heavy (non-hydrogen) atoms. The SMILES string of the molecule is CCN(CC)c1ccc(NC(=O)COc2ccccc2C(N)=O)cc1. The van der Waals surface area contributed by atoms with E-state index in [0.717, 1.165) is 18.8 Å². The van der Waals surface area contributed by atoms with E-state index in [0.29, 0.717) is 11.4 Å². The standard InChI is InChI=1S/C19H23N3O3/c1-3-22(4-2)15-11-9-14(10-12-15)21-18(23)13-25-17-8-6-5-7-16(17)19(20)24/h5-12H,3-4,13H2,1-2H3,(H2,20,24)(H,21,23). The zero-order valence-electron chi connectivity index (χ0n) is 14.5. The Labute approximate surface area is 147 Å². The highest BCUT2D eigenvalue weighted by Gasteiger charge is 2.10. The van der Waals surface area contributed by atoms with E-state index in [-0.39, 0.29) is 18.1 Å². The number of para-hydroxylation sites is 1. The molecule has 0 aliphatic carbocycles. The average Bonchev–Trinajstić information content (AvgIpc) is 2.62. The first-order valence-corrected chi connectivity index (χ1v) is 8.21. The third kappa shape index (κ3) is 4.97. The number of carbonyl (C=O) groups excluding carboxylic acids is 2. The van der Waals surface area contributed by atoms with Crippen LogP contribution in [0.3, 0.4) is 0 Å². The maximum atomic E-state index is 12.0. The van der Waals surface area contributed by atoms with Gasteiger partial charge in [-0.05, 0) is 50.2 Å². The van der Waals surface area contributed by atoms with E-state index in [1.165, 1.54) is 0 Å². The molecule has 6 heteroatoms. The number of ether oxygens (including phenoxy) is 1. The summed E-state index contributed by atoms with van der Waals surface area (Å²) in [5.74, 6) is -0.611. The van der Waals surface area contributed by atoms with Gasteiger partial charge in [-0.2, -0.15) is 0 Å². The molecule has 0 aliphatic heterocycles. The first-order valence-electron chi connectivity index (χ1n) is 8.21. The summed E-state index contributed by atoms with van der Waals surface area (Å²) in [5.41, 5.74) is 7.33. The van der Waals surface area contributed by atoms with Crippen molar-refractivity contribution in [2.45, 2.75) is 13.8 Å². The Morgan fingerprint density at radius 3 is 2.28 bits per heavy atom. The molecule has 0 saturated carbocycles. The number of nitrogens with two attached hydrogens (primary N) is 1. The molecule has 0 heterocycles. The Kier molecular flexibility index (Phi) is 6.39. The van der Waals surface area contributed by atoms with Crippen LogP contribution in [0, 0.1) is 0 Å². The van der Waals surface area contributed by atoms with Gasteiger partial charge in [-0.15, -0.1) is 0 Å². The Hall–Kier alpha value is -3.02. The van der Waals surface area contributed by atoms with Gasteiger partial charge in [0.2, 0.25) is 0 Å². The van der Waals surface area contributed by atoms with Crippen LogP contribution in [-0.4, -0.2) is 31.5 Å². The van der Waals surface area contributed by atoms with Crippen molar-refractivity contribution in [3.63, 3.8) is 0 Å². The van der Waals surface area contributed by atoms with Crippen LogP contribution in [-0.2, 0) is 4.79 Å². The van der Waals surface area contributed by atoms with Crippen molar-refractivity contribution in [1.82, 2.24) is 0 Å². The molecule has 0 fully saturated rings. The molecule has 2 aromatic rings. The van der Waals surface area contributed by atoms with Crippen LogP contribution in [0.15, 0.2) is 48.5 Å². The topological polar surface area (TPSA) is 84.7 Å². The molecule has 0 aliphatic rings. The minimum absolute atomic E-state index is 0.206. The van der Waals surface area contributed by atoms with Gasteiger partial charge in [0.05, 0.1) is 5.56 Å². The van der Waals surface area contributed by atoms with Crippen molar-refractivity contribution < 1.29 is 14.3 Å². The van der Waals surface area contributed by atoms with E-state index in [4.69, 9.17) is 10.5 Å². The molecule has 0 bridgehead atoms. The van der Waals surface area contributed by atoms with E-state index in [2.05, 4.69) is 24.1 Å². The fourth-order valence-electron chi connectivity index (χ4n) is 2.48. The lowest BCUT2D eigenvalue weighted by Crippen LogP contribution is -2.22. The predicted molar refractivity (Wildman–Crippen MR) is 99.1 cm³/mol. The highest BCUT2D eigenvalue weighted by molar-refractivity contribution is 5.96. The maximum absolute atomic E-state index is 12.0. The first-order chi connectivity index (χ1) is 12.0. The number of primary amides is 1. The highest BCUT2D eigenvalue weighted by Crippen LogP contribution is 2.19. The monoisotopic (exact) mass is 341 g/mol. The zero-order chi connectivity index (χ0) is 18.2. The fraction of sp³-hybridized carbons (Fsp3) is 0.263. The molecule has 3 N–H and O–H groups in total. The summed E-state index contributed by atoms with van der Waals surface area (Å²) in [6.07, 6.45) is 0. The number of nitrogens with zero attached hydrogens (tertiary/aromatic N) is 1. The molecule has 6 nitrogen and oxygen atoms in total. The number of hydrogen-bond donors (Lipinski definition) is 2. The Morgan fingerprint density at radius 1 is 1.04 bits per heavy atom. The minimum atomic E-state index is -0.594.